The van der Waals surface area contributed by atoms with E-state index in [0.717, 1.165) is 10.1 Å². The Hall–Kier alpha value is -1.95. The predicted octanol–water partition coefficient (Wildman–Crippen LogP) is 1.51. The van der Waals surface area contributed by atoms with Gasteiger partial charge in [-0.1, -0.05) is 0 Å². The van der Waals surface area contributed by atoms with Crippen LogP contribution in [0.25, 0.3) is 10.1 Å². The minimum Gasteiger partial charge on any atom is -0.358 e. The second-order valence-electron chi connectivity index (χ2n) is 4.14. The lowest BCUT2D eigenvalue weighted by Crippen LogP contribution is -2.47. The number of nitrogens with zero attached hydrogens (tertiary/aromatic N) is 1. The number of anilines is 1. The first-order valence-corrected chi connectivity index (χ1v) is 6.54. The van der Waals surface area contributed by atoms with Gasteiger partial charge in [0, 0.05) is 22.7 Å². The van der Waals surface area contributed by atoms with Crippen molar-refractivity contribution in [1.29, 1.82) is 0 Å². The van der Waals surface area contributed by atoms with Gasteiger partial charge in [-0.15, -0.1) is 11.3 Å². The Morgan fingerprint density at radius 1 is 1.39 bits per heavy atom. The van der Waals surface area contributed by atoms with Crippen LogP contribution >= 0.6 is 11.3 Å². The van der Waals surface area contributed by atoms with E-state index < -0.39 is 0 Å². The molecule has 1 atom stereocenters. The number of hydrogen-bond acceptors (Lipinski definition) is 5. The molecule has 1 fully saturated rings. The average molecular weight is 261 g/mol. The molecule has 0 saturated carbocycles. The van der Waals surface area contributed by atoms with Crippen molar-refractivity contribution in [2.75, 3.05) is 5.32 Å². The zero-order chi connectivity index (χ0) is 12.5. The van der Waals surface area contributed by atoms with Gasteiger partial charge in [0.05, 0.1) is 0 Å². The van der Waals surface area contributed by atoms with Crippen LogP contribution < -0.4 is 10.6 Å². The van der Waals surface area contributed by atoms with Crippen LogP contribution in [0.4, 0.5) is 5.82 Å². The zero-order valence-corrected chi connectivity index (χ0v) is 10.3. The Balaban J connectivity index is 1.86. The molecule has 1 aliphatic rings. The summed E-state index contributed by atoms with van der Waals surface area (Å²) >= 11 is 1.63. The van der Waals surface area contributed by atoms with E-state index in [1.807, 2.05) is 17.5 Å². The highest BCUT2D eigenvalue weighted by molar-refractivity contribution is 7.17. The van der Waals surface area contributed by atoms with Crippen molar-refractivity contribution in [3.05, 3.63) is 23.7 Å². The number of carbonyl (C=O) groups excluding carboxylic acids is 2. The molecule has 0 aliphatic carbocycles. The first-order valence-electron chi connectivity index (χ1n) is 5.66. The SMILES string of the molecule is O=C1CCC(Nc2nccc3sccc23)C(=O)N1. The van der Waals surface area contributed by atoms with Crippen LogP contribution in [0.15, 0.2) is 23.7 Å². The van der Waals surface area contributed by atoms with Crippen LogP contribution in [0, 0.1) is 0 Å². The molecule has 3 rings (SSSR count). The van der Waals surface area contributed by atoms with E-state index in [1.54, 1.807) is 17.5 Å². The van der Waals surface area contributed by atoms with E-state index in [2.05, 4.69) is 15.6 Å². The number of nitrogens with one attached hydrogen (secondary N) is 2. The molecule has 2 aromatic rings. The van der Waals surface area contributed by atoms with Gasteiger partial charge >= 0.3 is 0 Å². The van der Waals surface area contributed by atoms with Gasteiger partial charge in [0.25, 0.3) is 0 Å². The Bertz CT molecular complexity index is 623. The molecular weight excluding hydrogens is 250 g/mol. The van der Waals surface area contributed by atoms with Crippen molar-refractivity contribution in [3.63, 3.8) is 0 Å². The average Bonchev–Trinajstić information content (AvgIpc) is 2.82. The number of amides is 2. The molecule has 6 heteroatoms. The highest BCUT2D eigenvalue weighted by Crippen LogP contribution is 2.26. The molecule has 0 radical (unpaired) electrons. The number of piperidine rings is 1. The molecule has 1 unspecified atom stereocenters. The Morgan fingerprint density at radius 2 is 2.28 bits per heavy atom. The summed E-state index contributed by atoms with van der Waals surface area (Å²) in [6.45, 7) is 0. The van der Waals surface area contributed by atoms with Crippen molar-refractivity contribution in [2.45, 2.75) is 18.9 Å². The number of carbonyl (C=O) groups is 2. The van der Waals surface area contributed by atoms with E-state index in [9.17, 15) is 9.59 Å². The lowest BCUT2D eigenvalue weighted by atomic mass is 10.1. The second-order valence-corrected chi connectivity index (χ2v) is 5.09. The molecule has 2 N–H and O–H groups in total. The Labute approximate surface area is 107 Å². The standard InChI is InChI=1S/C12H11N3O2S/c16-10-2-1-8(12(17)15-10)14-11-7-4-6-18-9(7)3-5-13-11/h3-6,8H,1-2H2,(H,13,14)(H,15,16,17). The van der Waals surface area contributed by atoms with E-state index in [1.165, 1.54) is 0 Å². The molecule has 1 aliphatic heterocycles. The largest absolute Gasteiger partial charge is 0.358 e. The maximum Gasteiger partial charge on any atom is 0.249 e. The van der Waals surface area contributed by atoms with Crippen molar-refractivity contribution in [1.82, 2.24) is 10.3 Å². The summed E-state index contributed by atoms with van der Waals surface area (Å²) in [5.74, 6) is 0.211. The van der Waals surface area contributed by atoms with Crippen LogP contribution in [0.1, 0.15) is 12.8 Å². The van der Waals surface area contributed by atoms with Crippen molar-refractivity contribution in [3.8, 4) is 0 Å². The molecule has 0 aromatic carbocycles. The number of imide groups is 1. The molecule has 18 heavy (non-hydrogen) atoms. The van der Waals surface area contributed by atoms with Crippen molar-refractivity contribution in [2.24, 2.45) is 0 Å². The summed E-state index contributed by atoms with van der Waals surface area (Å²) < 4.78 is 1.12. The first-order chi connectivity index (χ1) is 8.74. The lowest BCUT2D eigenvalue weighted by molar-refractivity contribution is -0.133. The third-order valence-electron chi connectivity index (χ3n) is 2.93. The Kier molecular flexibility index (Phi) is 2.71. The summed E-state index contributed by atoms with van der Waals surface area (Å²) in [7, 11) is 0. The summed E-state index contributed by atoms with van der Waals surface area (Å²) in [4.78, 5) is 27.0. The predicted molar refractivity (Wildman–Crippen MR) is 69.4 cm³/mol. The van der Waals surface area contributed by atoms with Crippen LogP contribution in [0.5, 0.6) is 0 Å². The van der Waals surface area contributed by atoms with Crippen LogP contribution in [-0.4, -0.2) is 22.8 Å². The number of pyridine rings is 1. The zero-order valence-electron chi connectivity index (χ0n) is 9.47. The minimum absolute atomic E-state index is 0.209. The molecule has 3 heterocycles. The highest BCUT2D eigenvalue weighted by Gasteiger charge is 2.26. The summed E-state index contributed by atoms with van der Waals surface area (Å²) in [5.41, 5.74) is 0. The summed E-state index contributed by atoms with van der Waals surface area (Å²) in [5, 5.41) is 8.43. The van der Waals surface area contributed by atoms with Gasteiger partial charge in [-0.2, -0.15) is 0 Å². The normalized spacial score (nSPS) is 19.9. The van der Waals surface area contributed by atoms with Gasteiger partial charge in [0.15, 0.2) is 0 Å². The molecule has 2 aromatic heterocycles. The third-order valence-corrected chi connectivity index (χ3v) is 3.81. The Morgan fingerprint density at radius 3 is 3.11 bits per heavy atom. The molecule has 2 amide bonds. The van der Waals surface area contributed by atoms with Crippen LogP contribution in [0.3, 0.4) is 0 Å². The van der Waals surface area contributed by atoms with Crippen LogP contribution in [0.2, 0.25) is 0 Å². The number of hydrogen-bond donors (Lipinski definition) is 2. The fourth-order valence-corrected chi connectivity index (χ4v) is 2.79. The molecule has 1 saturated heterocycles. The number of rotatable bonds is 2. The highest BCUT2D eigenvalue weighted by atomic mass is 32.1. The number of aromatic nitrogens is 1. The van der Waals surface area contributed by atoms with Gasteiger partial charge in [0.1, 0.15) is 11.9 Å². The summed E-state index contributed by atoms with van der Waals surface area (Å²) in [6.07, 6.45) is 2.59. The van der Waals surface area contributed by atoms with E-state index >= 15 is 0 Å². The van der Waals surface area contributed by atoms with Crippen LogP contribution in [-0.2, 0) is 9.59 Å². The number of fused-ring (bicyclic) bond motifs is 1. The maximum atomic E-state index is 11.7. The van der Waals surface area contributed by atoms with Crippen molar-refractivity contribution < 1.29 is 9.59 Å². The monoisotopic (exact) mass is 261 g/mol. The van der Waals surface area contributed by atoms with Gasteiger partial charge in [-0.05, 0) is 23.9 Å². The van der Waals surface area contributed by atoms with Gasteiger partial charge in [-0.3, -0.25) is 14.9 Å². The van der Waals surface area contributed by atoms with Gasteiger partial charge < -0.3 is 5.32 Å². The van der Waals surface area contributed by atoms with E-state index in [4.69, 9.17) is 0 Å². The van der Waals surface area contributed by atoms with Gasteiger partial charge in [0.2, 0.25) is 11.8 Å². The molecule has 92 valence electrons. The molecule has 0 spiro atoms. The summed E-state index contributed by atoms with van der Waals surface area (Å²) in [6, 6.07) is 3.53. The lowest BCUT2D eigenvalue weighted by Gasteiger charge is -2.22. The fourth-order valence-electron chi connectivity index (χ4n) is 2.01. The molecule has 5 nitrogen and oxygen atoms in total. The fraction of sp³-hybridized carbons (Fsp3) is 0.250. The topological polar surface area (TPSA) is 71.1 Å². The van der Waals surface area contributed by atoms with E-state index in [-0.39, 0.29) is 17.9 Å². The first kappa shape index (κ1) is 11.2. The van der Waals surface area contributed by atoms with E-state index in [0.29, 0.717) is 18.7 Å². The maximum absolute atomic E-state index is 11.7. The quantitative estimate of drug-likeness (QED) is 0.804. The molecular formula is C12H11N3O2S. The molecule has 0 bridgehead atoms. The second kappa shape index (κ2) is 4.38. The minimum atomic E-state index is -0.388. The van der Waals surface area contributed by atoms with Gasteiger partial charge in [-0.25, -0.2) is 4.98 Å². The number of thiophene rings is 1. The smallest absolute Gasteiger partial charge is 0.249 e. The third kappa shape index (κ3) is 1.95. The van der Waals surface area contributed by atoms with Crippen molar-refractivity contribution >= 4 is 39.1 Å².